The van der Waals surface area contributed by atoms with Crippen LogP contribution in [0.2, 0.25) is 0 Å². The van der Waals surface area contributed by atoms with E-state index in [1.165, 1.54) is 0 Å². The maximum absolute atomic E-state index is 14.2. The van der Waals surface area contributed by atoms with E-state index in [0.717, 1.165) is 16.2 Å². The third-order valence-electron chi connectivity index (χ3n) is 11.4. The van der Waals surface area contributed by atoms with Crippen LogP contribution in [0.25, 0.3) is 0 Å². The van der Waals surface area contributed by atoms with Crippen molar-refractivity contribution in [2.45, 2.75) is 67.0 Å². The summed E-state index contributed by atoms with van der Waals surface area (Å²) in [5.41, 5.74) is -29.1. The third-order valence-corrected chi connectivity index (χ3v) is 13.5. The molecule has 6 aromatic carbocycles. The van der Waals surface area contributed by atoms with Gasteiger partial charge in [0.1, 0.15) is 33.8 Å². The van der Waals surface area contributed by atoms with Gasteiger partial charge in [0.15, 0.2) is 4.90 Å². The molecule has 28 heteroatoms. The van der Waals surface area contributed by atoms with E-state index < -0.39 is 205 Å². The highest BCUT2D eigenvalue weighted by atomic mass is 32.2. The Labute approximate surface area is 414 Å². The molecule has 412 valence electrons. The molecule has 6 rings (SSSR count). The maximum atomic E-state index is 14.2. The number of ether oxygens (including phenoxy) is 1. The van der Waals surface area contributed by atoms with Gasteiger partial charge in [0, 0.05) is 5.56 Å². The summed E-state index contributed by atoms with van der Waals surface area (Å²) in [6, 6.07) is 8.67. The summed E-state index contributed by atoms with van der Waals surface area (Å²) in [5.74, 6) is 1.41. The Balaban J connectivity index is 0.000000468. The second-order valence-corrected chi connectivity index (χ2v) is 19.5. The van der Waals surface area contributed by atoms with E-state index in [1.54, 1.807) is 0 Å². The van der Waals surface area contributed by atoms with Gasteiger partial charge in [0.05, 0.1) is 51.1 Å². The Morgan fingerprint density at radius 3 is 0.816 bits per heavy atom. The number of rotatable bonds is 9. The van der Waals surface area contributed by atoms with Crippen LogP contribution in [-0.2, 0) is 69.3 Å². The maximum Gasteiger partial charge on any atom is 0.416 e. The number of alkyl halides is 24. The van der Waals surface area contributed by atoms with Crippen LogP contribution in [0, 0.1) is 0 Å². The molecule has 0 saturated heterocycles. The minimum Gasteiger partial charge on any atom is -0.494 e. The molecular formula is C48H31BF24O2S. The minimum atomic E-state index is -6.13. The predicted molar refractivity (Wildman–Crippen MR) is 230 cm³/mol. The van der Waals surface area contributed by atoms with Gasteiger partial charge in [-0.15, -0.1) is 0 Å². The quantitative estimate of drug-likeness (QED) is 0.0819. The van der Waals surface area contributed by atoms with Crippen LogP contribution in [0.1, 0.15) is 57.0 Å². The molecule has 0 aliphatic heterocycles. The molecule has 0 aliphatic carbocycles. The Bertz CT molecular complexity index is 2620. The van der Waals surface area contributed by atoms with Crippen molar-refractivity contribution in [2.75, 3.05) is 12.9 Å². The van der Waals surface area contributed by atoms with Crippen LogP contribution >= 0.6 is 0 Å². The second kappa shape index (κ2) is 20.9. The SMILES string of the molecule is CCOc1ccc(C[S+](C)(=O)c2ccccc2)cc1.FC(F)(F)c1cc([B-](c2cc(C(F)(F)F)cc(C(F)(F)F)c2)(c2cc(C(F)(F)F)cc(C(F)(F)F)c2)c2cc(C(F)(F)F)cc(C(F)(F)F)c2)cc(C(F)(F)F)c1. The van der Waals surface area contributed by atoms with E-state index in [4.69, 9.17) is 4.74 Å². The first-order chi connectivity index (χ1) is 34.4. The molecular weight excluding hydrogens is 1110 g/mol. The molecule has 0 spiro atoms. The molecule has 0 fully saturated rings. The summed E-state index contributed by atoms with van der Waals surface area (Å²) in [7, 11) is -2.03. The number of halogens is 24. The summed E-state index contributed by atoms with van der Waals surface area (Å²) in [4.78, 5) is 0.906. The van der Waals surface area contributed by atoms with Crippen molar-refractivity contribution in [3.05, 3.63) is 177 Å². The Kier molecular flexibility index (Phi) is 16.6. The molecule has 0 amide bonds. The van der Waals surface area contributed by atoms with E-state index in [0.29, 0.717) is 12.4 Å². The average Bonchev–Trinajstić information content (AvgIpc) is 3.28. The van der Waals surface area contributed by atoms with Gasteiger partial charge in [-0.2, -0.15) is 127 Å². The molecule has 0 radical (unpaired) electrons. The number of hydrogen-bond acceptors (Lipinski definition) is 2. The molecule has 0 aliphatic rings. The lowest BCUT2D eigenvalue weighted by Crippen LogP contribution is -2.75. The van der Waals surface area contributed by atoms with Gasteiger partial charge in [0.2, 0.25) is 0 Å². The number of hydrogen-bond donors (Lipinski definition) is 0. The van der Waals surface area contributed by atoms with Crippen molar-refractivity contribution in [3.8, 4) is 5.75 Å². The Morgan fingerprint density at radius 2 is 0.605 bits per heavy atom. The highest BCUT2D eigenvalue weighted by molar-refractivity contribution is 8.01. The molecule has 1 atom stereocenters. The van der Waals surface area contributed by atoms with Crippen LogP contribution in [0.3, 0.4) is 0 Å². The van der Waals surface area contributed by atoms with Crippen molar-refractivity contribution in [3.63, 3.8) is 0 Å². The molecule has 0 bridgehead atoms. The predicted octanol–water partition coefficient (Wildman–Crippen LogP) is 15.0. The normalized spacial score (nSPS) is 14.2. The molecule has 6 aromatic rings. The summed E-state index contributed by atoms with van der Waals surface area (Å²) in [5, 5.41) is 0. The lowest BCUT2D eigenvalue weighted by atomic mass is 9.12. The molecule has 0 saturated carbocycles. The minimum absolute atomic E-state index is 0.559. The van der Waals surface area contributed by atoms with E-state index in [-0.39, 0.29) is 0 Å². The molecule has 0 N–H and O–H groups in total. The number of benzene rings is 6. The zero-order chi connectivity index (χ0) is 57.6. The topological polar surface area (TPSA) is 26.3 Å². The van der Waals surface area contributed by atoms with Gasteiger partial charge in [-0.3, -0.25) is 0 Å². The first-order valence-electron chi connectivity index (χ1n) is 21.0. The van der Waals surface area contributed by atoms with Crippen molar-refractivity contribution in [1.29, 1.82) is 0 Å². The van der Waals surface area contributed by atoms with Crippen molar-refractivity contribution >= 4 is 37.9 Å². The highest BCUT2D eigenvalue weighted by Crippen LogP contribution is 2.41. The zero-order valence-electron chi connectivity index (χ0n) is 37.9. The van der Waals surface area contributed by atoms with Crippen molar-refractivity contribution < 1.29 is 114 Å². The van der Waals surface area contributed by atoms with Crippen LogP contribution < -0.4 is 26.6 Å². The Morgan fingerprint density at radius 1 is 0.368 bits per heavy atom. The summed E-state index contributed by atoms with van der Waals surface area (Å²) < 4.78 is 359. The van der Waals surface area contributed by atoms with Crippen LogP contribution in [-0.4, -0.2) is 19.0 Å². The van der Waals surface area contributed by atoms with Crippen LogP contribution in [0.15, 0.2) is 132 Å². The highest BCUT2D eigenvalue weighted by Gasteiger charge is 2.47. The fourth-order valence-electron chi connectivity index (χ4n) is 8.03. The molecule has 76 heavy (non-hydrogen) atoms. The first kappa shape index (κ1) is 60.5. The van der Waals surface area contributed by atoms with Gasteiger partial charge >= 0.3 is 49.4 Å². The monoisotopic (exact) mass is 1140 g/mol. The lowest BCUT2D eigenvalue weighted by molar-refractivity contribution is -0.144. The first-order valence-corrected chi connectivity index (χ1v) is 23.1. The summed E-state index contributed by atoms with van der Waals surface area (Å²) in [6.07, 6.45) is -53.0. The van der Waals surface area contributed by atoms with Crippen LogP contribution in [0.5, 0.6) is 5.75 Å². The standard InChI is InChI=1S/C32H12BF24.C16H19O2S/c34-25(35,36)13-1-14(26(37,38)39)6-21(5-13)33(22-7-15(27(40,41)42)2-16(8-22)28(43,44)45,23-9-17(29(46,47)48)3-18(10-23)30(49,50)51)24-11-19(31(52,53)54)4-20(12-24)32(55,56)57;1-3-18-15-11-9-14(10-12-15)13-19(2,17)16-7-5-4-6-8-16/h1-12H;4-12H,3,13H2,1-2H3/q-1;+1. The van der Waals surface area contributed by atoms with E-state index >= 15 is 0 Å². The fourth-order valence-corrected chi connectivity index (χ4v) is 9.76. The van der Waals surface area contributed by atoms with Gasteiger partial charge in [0.25, 0.3) is 0 Å². The van der Waals surface area contributed by atoms with Crippen molar-refractivity contribution in [2.24, 2.45) is 0 Å². The average molecular weight is 1140 g/mol. The largest absolute Gasteiger partial charge is 0.494 e. The van der Waals surface area contributed by atoms with Crippen LogP contribution in [0.4, 0.5) is 105 Å². The molecule has 0 aromatic heterocycles. The summed E-state index contributed by atoms with van der Waals surface area (Å²) >= 11 is 0. The van der Waals surface area contributed by atoms with E-state index in [2.05, 4.69) is 0 Å². The summed E-state index contributed by atoms with van der Waals surface area (Å²) in [6.45, 7) is 2.62. The van der Waals surface area contributed by atoms with Gasteiger partial charge in [-0.1, -0.05) is 83.1 Å². The molecule has 0 heterocycles. The zero-order valence-corrected chi connectivity index (χ0v) is 38.7. The lowest BCUT2D eigenvalue weighted by Gasteiger charge is -2.46. The smallest absolute Gasteiger partial charge is 0.416 e. The van der Waals surface area contributed by atoms with Crippen molar-refractivity contribution in [1.82, 2.24) is 0 Å². The van der Waals surface area contributed by atoms with E-state index in [9.17, 15) is 110 Å². The van der Waals surface area contributed by atoms with Gasteiger partial charge < -0.3 is 4.74 Å². The fraction of sp³-hybridized carbons (Fsp3) is 0.250. The second-order valence-electron chi connectivity index (χ2n) is 16.8. The van der Waals surface area contributed by atoms with E-state index in [1.807, 2.05) is 67.8 Å². The third kappa shape index (κ3) is 14.2. The molecule has 1 unspecified atom stereocenters. The van der Waals surface area contributed by atoms with Gasteiger partial charge in [-0.25, -0.2) is 0 Å². The van der Waals surface area contributed by atoms with Gasteiger partial charge in [-0.05, 0) is 55.5 Å². The Hall–Kier alpha value is -6.35. The molecule has 2 nitrogen and oxygen atoms in total.